The lowest BCUT2D eigenvalue weighted by molar-refractivity contribution is -0.163. The number of nitrogens with zero attached hydrogens (tertiary/aromatic N) is 1. The summed E-state index contributed by atoms with van der Waals surface area (Å²) in [5, 5.41) is 6.31. The van der Waals surface area contributed by atoms with Crippen molar-refractivity contribution in [2.75, 3.05) is 24.2 Å². The van der Waals surface area contributed by atoms with Crippen LogP contribution in [0, 0.1) is 5.92 Å². The Morgan fingerprint density at radius 2 is 1.75 bits per heavy atom. The molecule has 2 fully saturated rings. The van der Waals surface area contributed by atoms with Gasteiger partial charge in [-0.3, -0.25) is 14.2 Å². The van der Waals surface area contributed by atoms with E-state index >= 15 is 0 Å². The molecule has 0 bridgehead atoms. The number of hydrogen-bond donors (Lipinski definition) is 5. The minimum Gasteiger partial charge on any atom is -0.458 e. The fourth-order valence-electron chi connectivity index (χ4n) is 7.97. The Morgan fingerprint density at radius 1 is 1.02 bits per heavy atom. The maximum absolute atomic E-state index is 13.5. The zero-order valence-electron chi connectivity index (χ0n) is 33.7. The number of carbonyl (C=O) groups is 3. The number of amides is 2. The highest BCUT2D eigenvalue weighted by Gasteiger charge is 2.49. The molecule has 6 rings (SSSR count). The van der Waals surface area contributed by atoms with Crippen LogP contribution in [0.2, 0.25) is 5.02 Å². The van der Waals surface area contributed by atoms with Crippen molar-refractivity contribution in [3.8, 4) is 0 Å². The normalized spacial score (nSPS) is 21.4. The highest BCUT2D eigenvalue weighted by atomic mass is 35.5. The van der Waals surface area contributed by atoms with Crippen LogP contribution >= 0.6 is 30.9 Å². The summed E-state index contributed by atoms with van der Waals surface area (Å²) in [7, 11) is -7.83. The molecule has 0 radical (unpaired) electrons. The number of unbranched alkanes of at least 4 members (excludes halogenated alkanes) is 1. The van der Waals surface area contributed by atoms with Crippen LogP contribution in [0.3, 0.4) is 0 Å². The number of benzene rings is 3. The highest BCUT2D eigenvalue weighted by molar-refractivity contribution is 7.97. The number of carbonyl (C=O) groups excluding carboxylic acids is 3. The van der Waals surface area contributed by atoms with Gasteiger partial charge in [-0.15, -0.1) is 0 Å². The predicted molar refractivity (Wildman–Crippen MR) is 231 cm³/mol. The summed E-state index contributed by atoms with van der Waals surface area (Å²) < 4.78 is 51.4. The number of nitrogens with one attached hydrogen (secondary N) is 4. The van der Waals surface area contributed by atoms with Gasteiger partial charge in [-0.25, -0.2) is 22.7 Å². The van der Waals surface area contributed by atoms with E-state index in [2.05, 4.69) is 32.2 Å². The van der Waals surface area contributed by atoms with Crippen LogP contribution in [0.15, 0.2) is 76.5 Å². The lowest BCUT2D eigenvalue weighted by Gasteiger charge is -2.34. The van der Waals surface area contributed by atoms with Crippen molar-refractivity contribution in [1.29, 1.82) is 0 Å². The molecule has 2 amide bonds. The van der Waals surface area contributed by atoms with Gasteiger partial charge in [0.15, 0.2) is 0 Å². The molecule has 2 aliphatic heterocycles. The number of halogens is 1. The molecule has 0 aromatic heterocycles. The Bertz CT molecular complexity index is 2140. The fourth-order valence-corrected chi connectivity index (χ4v) is 11.9. The average molecular weight is 888 g/mol. The number of esters is 1. The SMILES string of the molecule is CC(C)(C)OC(=O)[C@@H]1C[C@H]2CCCC[C@H]2N1C(=O)CP(=O)(O)CCCCNC(=O)c1ccc(CNS(=O)(=O)c2cc3c(cc2Cl)NC(CCc2ccccc2)NS3)cc1. The van der Waals surface area contributed by atoms with Crippen molar-refractivity contribution < 1.29 is 37.0 Å². The van der Waals surface area contributed by atoms with E-state index < -0.39 is 47.1 Å². The number of fused-ring (bicyclic) bond motifs is 2. The van der Waals surface area contributed by atoms with Gasteiger partial charge in [-0.05, 0) is 119 Å². The molecule has 0 spiro atoms. The molecule has 2 unspecified atom stereocenters. The van der Waals surface area contributed by atoms with Crippen molar-refractivity contribution >= 4 is 64.4 Å². The third-order valence-corrected chi connectivity index (χ3v) is 15.5. The molecule has 2 heterocycles. The van der Waals surface area contributed by atoms with Gasteiger partial charge in [0, 0.05) is 35.8 Å². The Kier molecular flexibility index (Phi) is 14.9. The van der Waals surface area contributed by atoms with Crippen LogP contribution in [-0.2, 0) is 41.9 Å². The van der Waals surface area contributed by atoms with Gasteiger partial charge in [-0.1, -0.05) is 66.9 Å². The lowest BCUT2D eigenvalue weighted by atomic mass is 9.85. The smallest absolute Gasteiger partial charge is 0.329 e. The molecule has 5 N–H and O–H groups in total. The first kappa shape index (κ1) is 45.1. The van der Waals surface area contributed by atoms with Crippen LogP contribution in [0.1, 0.15) is 93.6 Å². The number of aryl methyl sites for hydroxylation is 1. The lowest BCUT2D eigenvalue weighted by Crippen LogP contribution is -2.49. The number of anilines is 1. The van der Waals surface area contributed by atoms with Gasteiger partial charge in [0.05, 0.1) is 16.9 Å². The Labute approximate surface area is 356 Å². The van der Waals surface area contributed by atoms with E-state index in [1.54, 1.807) is 62.1 Å². The van der Waals surface area contributed by atoms with E-state index in [0.29, 0.717) is 35.3 Å². The van der Waals surface area contributed by atoms with Gasteiger partial charge in [0.25, 0.3) is 5.91 Å². The van der Waals surface area contributed by atoms with Crippen molar-refractivity contribution in [2.24, 2.45) is 5.92 Å². The molecule has 5 atom stereocenters. The maximum Gasteiger partial charge on any atom is 0.329 e. The molecule has 59 heavy (non-hydrogen) atoms. The number of rotatable bonds is 16. The zero-order chi connectivity index (χ0) is 42.4. The zero-order valence-corrected chi connectivity index (χ0v) is 37.0. The van der Waals surface area contributed by atoms with Gasteiger partial charge >= 0.3 is 5.97 Å². The molecule has 320 valence electrons. The number of ether oxygens (including phenoxy) is 1. The van der Waals surface area contributed by atoms with E-state index in [9.17, 15) is 32.3 Å². The first-order valence-electron chi connectivity index (χ1n) is 20.3. The summed E-state index contributed by atoms with van der Waals surface area (Å²) in [5.41, 5.74) is 2.29. The molecule has 3 aromatic carbocycles. The summed E-state index contributed by atoms with van der Waals surface area (Å²) in [6, 6.07) is 19.0. The second-order valence-electron chi connectivity index (χ2n) is 16.6. The molecule has 13 nitrogen and oxygen atoms in total. The van der Waals surface area contributed by atoms with Crippen LogP contribution in [0.4, 0.5) is 5.69 Å². The maximum atomic E-state index is 13.5. The Morgan fingerprint density at radius 3 is 2.47 bits per heavy atom. The number of sulfonamides is 1. The van der Waals surface area contributed by atoms with E-state index in [-0.39, 0.29) is 53.2 Å². The topological polar surface area (TPSA) is 183 Å². The summed E-state index contributed by atoms with van der Waals surface area (Å²) in [6.07, 6.45) is 5.99. The predicted octanol–water partition coefficient (Wildman–Crippen LogP) is 7.08. The molecule has 3 aromatic rings. The average Bonchev–Trinajstić information content (AvgIpc) is 3.59. The molecular formula is C42H55ClN5O8PS2. The van der Waals surface area contributed by atoms with Crippen molar-refractivity contribution in [3.63, 3.8) is 0 Å². The van der Waals surface area contributed by atoms with Crippen molar-refractivity contribution in [3.05, 3.63) is 88.4 Å². The summed E-state index contributed by atoms with van der Waals surface area (Å²) in [5.74, 6) is -1.10. The largest absolute Gasteiger partial charge is 0.458 e. The molecule has 1 aliphatic carbocycles. The second kappa shape index (κ2) is 19.5. The summed E-state index contributed by atoms with van der Waals surface area (Å²) >= 11 is 7.85. The van der Waals surface area contributed by atoms with Gasteiger partial charge in [0.2, 0.25) is 23.3 Å². The second-order valence-corrected chi connectivity index (χ2v) is 22.1. The Balaban J connectivity index is 0.927. The molecule has 1 saturated carbocycles. The van der Waals surface area contributed by atoms with Crippen LogP contribution in [-0.4, -0.2) is 78.7 Å². The first-order valence-corrected chi connectivity index (χ1v) is 25.0. The Hall–Kier alpha value is -3.43. The van der Waals surface area contributed by atoms with Crippen molar-refractivity contribution in [1.82, 2.24) is 19.7 Å². The van der Waals surface area contributed by atoms with Crippen LogP contribution < -0.4 is 20.1 Å². The first-order chi connectivity index (χ1) is 28.0. The molecule has 17 heteroatoms. The van der Waals surface area contributed by atoms with Gasteiger partial charge < -0.3 is 25.2 Å². The van der Waals surface area contributed by atoms with E-state index in [0.717, 1.165) is 44.2 Å². The third kappa shape index (κ3) is 12.3. The monoisotopic (exact) mass is 887 g/mol. The molecular weight excluding hydrogens is 833 g/mol. The van der Waals surface area contributed by atoms with Crippen molar-refractivity contribution in [2.45, 2.75) is 119 Å². The minimum absolute atomic E-state index is 0.0162. The van der Waals surface area contributed by atoms with Crippen LogP contribution in [0.25, 0.3) is 0 Å². The number of hydrogen-bond acceptors (Lipinski definition) is 10. The third-order valence-electron chi connectivity index (χ3n) is 10.9. The molecule has 3 aliphatic rings. The fraction of sp³-hybridized carbons (Fsp3) is 0.500. The number of likely N-dealkylation sites (tertiary alicyclic amines) is 1. The summed E-state index contributed by atoms with van der Waals surface area (Å²) in [6.45, 7) is 5.57. The van der Waals surface area contributed by atoms with Crippen LogP contribution in [0.5, 0.6) is 0 Å². The van der Waals surface area contributed by atoms with E-state index in [4.69, 9.17) is 16.3 Å². The van der Waals surface area contributed by atoms with Gasteiger partial charge in [0.1, 0.15) is 22.7 Å². The van der Waals surface area contributed by atoms with E-state index in [1.165, 1.54) is 17.5 Å². The minimum atomic E-state index is -3.97. The standard InChI is InChI=1S/C42H55ClN5O8PS2/c1-42(2,3)56-41(51)35-23-31-13-7-8-14-34(31)48(35)39(49)27-57(52,53)22-10-9-21-44-40(50)30-18-15-29(16-19-30)26-45-59(54,55)37-25-36-33(24-32(37)43)46-38(47-58-36)20-17-28-11-5-4-6-12-28/h4-6,11-12,15-16,18-19,24-25,31,34-35,38,45-47H,7-10,13-14,17,20-23,26-27H2,1-3H3,(H,44,50)(H,52,53)/t31-,34-,35+,38?/m1/s1. The molecule has 1 saturated heterocycles. The quantitative estimate of drug-likeness (QED) is 0.0429. The highest BCUT2D eigenvalue weighted by Crippen LogP contribution is 2.45. The summed E-state index contributed by atoms with van der Waals surface area (Å²) in [4.78, 5) is 52.5. The van der Waals surface area contributed by atoms with E-state index in [1.807, 2.05) is 18.2 Å². The van der Waals surface area contributed by atoms with Gasteiger partial charge in [-0.2, -0.15) is 0 Å².